The molecule has 8 nitrogen and oxygen atoms in total. The summed E-state index contributed by atoms with van der Waals surface area (Å²) in [5.74, 6) is -0.429. The van der Waals surface area contributed by atoms with Crippen LogP contribution in [0.3, 0.4) is 0 Å². The highest BCUT2D eigenvalue weighted by atomic mass is 32.2. The summed E-state index contributed by atoms with van der Waals surface area (Å²) in [6.07, 6.45) is 0. The molecule has 2 aromatic rings. The van der Waals surface area contributed by atoms with E-state index < -0.39 is 26.0 Å². The average molecular weight is 454 g/mol. The molecule has 2 rings (SSSR count). The molecule has 0 heterocycles. The highest BCUT2D eigenvalue weighted by Crippen LogP contribution is 2.16. The molecule has 0 unspecified atom stereocenters. The van der Waals surface area contributed by atoms with E-state index in [2.05, 4.69) is 14.8 Å². The molecular formula is C20H27N3O5S2. The van der Waals surface area contributed by atoms with E-state index in [1.54, 1.807) is 32.9 Å². The molecule has 0 atom stereocenters. The fraction of sp³-hybridized carbons (Fsp3) is 0.350. The first kappa shape index (κ1) is 24.0. The van der Waals surface area contributed by atoms with Crippen molar-refractivity contribution in [3.8, 4) is 0 Å². The number of hydrogen-bond donors (Lipinski definition) is 3. The van der Waals surface area contributed by atoms with Gasteiger partial charge in [-0.25, -0.2) is 26.3 Å². The van der Waals surface area contributed by atoms with Crippen molar-refractivity contribution in [2.75, 3.05) is 13.1 Å². The third-order valence-corrected chi connectivity index (χ3v) is 7.43. The van der Waals surface area contributed by atoms with Gasteiger partial charge in [0.25, 0.3) is 5.91 Å². The molecule has 0 aliphatic heterocycles. The predicted molar refractivity (Wildman–Crippen MR) is 115 cm³/mol. The van der Waals surface area contributed by atoms with Crippen LogP contribution in [-0.4, -0.2) is 41.9 Å². The maximum absolute atomic E-state index is 12.4. The van der Waals surface area contributed by atoms with E-state index in [4.69, 9.17) is 0 Å². The molecule has 0 radical (unpaired) electrons. The molecule has 10 heteroatoms. The molecule has 0 bridgehead atoms. The Hall–Kier alpha value is -2.27. The molecule has 2 aromatic carbocycles. The second-order valence-electron chi connectivity index (χ2n) is 7.22. The Bertz CT molecular complexity index is 1110. The summed E-state index contributed by atoms with van der Waals surface area (Å²) in [6.45, 7) is 7.07. The molecule has 0 saturated heterocycles. The summed E-state index contributed by atoms with van der Waals surface area (Å²) >= 11 is 0. The number of carbonyl (C=O) groups excluding carboxylic acids is 1. The van der Waals surface area contributed by atoms with Crippen LogP contribution >= 0.6 is 0 Å². The van der Waals surface area contributed by atoms with Crippen molar-refractivity contribution < 1.29 is 21.6 Å². The Morgan fingerprint density at radius 1 is 0.900 bits per heavy atom. The maximum atomic E-state index is 12.4. The molecule has 0 aromatic heterocycles. The third-order valence-electron chi connectivity index (χ3n) is 4.15. The van der Waals surface area contributed by atoms with Crippen LogP contribution in [0.15, 0.2) is 52.3 Å². The van der Waals surface area contributed by atoms with Gasteiger partial charge in [-0.05, 0) is 69.2 Å². The minimum Gasteiger partial charge on any atom is -0.351 e. The summed E-state index contributed by atoms with van der Waals surface area (Å²) in [5, 5.41) is 2.61. The Morgan fingerprint density at radius 3 is 2.13 bits per heavy atom. The largest absolute Gasteiger partial charge is 0.351 e. The van der Waals surface area contributed by atoms with Gasteiger partial charge in [0.1, 0.15) is 0 Å². The Balaban J connectivity index is 1.93. The average Bonchev–Trinajstić information content (AvgIpc) is 2.66. The van der Waals surface area contributed by atoms with Crippen molar-refractivity contribution in [3.63, 3.8) is 0 Å². The summed E-state index contributed by atoms with van der Waals surface area (Å²) in [6, 6.07) is 10.4. The zero-order chi connectivity index (χ0) is 22.5. The van der Waals surface area contributed by atoms with E-state index in [1.807, 2.05) is 13.0 Å². The molecule has 0 fully saturated rings. The lowest BCUT2D eigenvalue weighted by Gasteiger charge is -2.11. The van der Waals surface area contributed by atoms with E-state index >= 15 is 0 Å². The van der Waals surface area contributed by atoms with Gasteiger partial charge in [0.15, 0.2) is 0 Å². The van der Waals surface area contributed by atoms with Crippen LogP contribution in [0.4, 0.5) is 0 Å². The monoisotopic (exact) mass is 453 g/mol. The van der Waals surface area contributed by atoms with Crippen LogP contribution < -0.4 is 14.8 Å². The van der Waals surface area contributed by atoms with Crippen molar-refractivity contribution in [1.29, 1.82) is 0 Å². The first-order valence-corrected chi connectivity index (χ1v) is 12.4. The quantitative estimate of drug-likeness (QED) is 0.499. The van der Waals surface area contributed by atoms with Crippen LogP contribution in [-0.2, 0) is 20.0 Å². The second kappa shape index (κ2) is 9.69. The fourth-order valence-electron chi connectivity index (χ4n) is 2.70. The number of sulfonamides is 2. The number of benzene rings is 2. The number of amides is 1. The number of carbonyl (C=O) groups is 1. The number of hydrogen-bond acceptors (Lipinski definition) is 5. The minimum atomic E-state index is -3.68. The molecule has 0 aliphatic rings. The minimum absolute atomic E-state index is 0.0201. The van der Waals surface area contributed by atoms with Gasteiger partial charge in [-0.2, -0.15) is 0 Å². The van der Waals surface area contributed by atoms with Crippen molar-refractivity contribution in [3.05, 3.63) is 59.2 Å². The van der Waals surface area contributed by atoms with Crippen LogP contribution in [0.2, 0.25) is 0 Å². The second-order valence-corrected chi connectivity index (χ2v) is 10.7. The van der Waals surface area contributed by atoms with Gasteiger partial charge in [-0.15, -0.1) is 0 Å². The first-order chi connectivity index (χ1) is 13.9. The molecular weight excluding hydrogens is 426 g/mol. The molecule has 1 amide bonds. The molecule has 30 heavy (non-hydrogen) atoms. The first-order valence-electron chi connectivity index (χ1n) is 9.40. The smallest absolute Gasteiger partial charge is 0.251 e. The van der Waals surface area contributed by atoms with Crippen molar-refractivity contribution in [2.45, 2.75) is 43.5 Å². The van der Waals surface area contributed by atoms with Crippen LogP contribution in [0.25, 0.3) is 0 Å². The van der Waals surface area contributed by atoms with Gasteiger partial charge in [0.2, 0.25) is 20.0 Å². The Morgan fingerprint density at radius 2 is 1.53 bits per heavy atom. The number of nitrogens with one attached hydrogen (secondary N) is 3. The topological polar surface area (TPSA) is 121 Å². The third kappa shape index (κ3) is 6.36. The normalized spacial score (nSPS) is 12.2. The molecule has 164 valence electrons. The predicted octanol–water partition coefficient (Wildman–Crippen LogP) is 1.70. The van der Waals surface area contributed by atoms with E-state index in [0.717, 1.165) is 5.56 Å². The van der Waals surface area contributed by atoms with Crippen molar-refractivity contribution in [1.82, 2.24) is 14.8 Å². The van der Waals surface area contributed by atoms with Crippen LogP contribution in [0.1, 0.15) is 35.3 Å². The zero-order valence-electron chi connectivity index (χ0n) is 17.4. The highest BCUT2D eigenvalue weighted by Gasteiger charge is 2.17. The zero-order valence-corrected chi connectivity index (χ0v) is 19.0. The summed E-state index contributed by atoms with van der Waals surface area (Å²) in [4.78, 5) is 12.5. The molecule has 0 spiro atoms. The van der Waals surface area contributed by atoms with E-state index in [1.165, 1.54) is 24.3 Å². The molecule has 3 N–H and O–H groups in total. The van der Waals surface area contributed by atoms with Gasteiger partial charge < -0.3 is 5.32 Å². The van der Waals surface area contributed by atoms with Gasteiger partial charge in [0.05, 0.1) is 9.79 Å². The summed E-state index contributed by atoms with van der Waals surface area (Å²) in [7, 11) is -7.31. The lowest BCUT2D eigenvalue weighted by Crippen LogP contribution is -2.35. The lowest BCUT2D eigenvalue weighted by atomic mass is 10.2. The fourth-order valence-corrected chi connectivity index (χ4v) is 5.31. The van der Waals surface area contributed by atoms with Gasteiger partial charge in [-0.1, -0.05) is 12.1 Å². The van der Waals surface area contributed by atoms with E-state index in [0.29, 0.717) is 5.56 Å². The van der Waals surface area contributed by atoms with Gasteiger partial charge >= 0.3 is 0 Å². The van der Waals surface area contributed by atoms with E-state index in [-0.39, 0.29) is 34.5 Å². The van der Waals surface area contributed by atoms with Gasteiger partial charge in [-0.3, -0.25) is 4.79 Å². The highest BCUT2D eigenvalue weighted by molar-refractivity contribution is 7.89. The standard InChI is InChI=1S/C20H27N3O5S2/c1-14(2)23-29(25,26)18-9-7-17(8-10-18)20(24)21-11-12-22-30(27,28)19-13-15(3)5-6-16(19)4/h5-10,13-14,22-23H,11-12H2,1-4H3,(H,21,24). The maximum Gasteiger partial charge on any atom is 0.251 e. The molecule has 0 saturated carbocycles. The SMILES string of the molecule is Cc1ccc(C)c(S(=O)(=O)NCCNC(=O)c2ccc(S(=O)(=O)NC(C)C)cc2)c1. The lowest BCUT2D eigenvalue weighted by molar-refractivity contribution is 0.0954. The van der Waals surface area contributed by atoms with Crippen LogP contribution in [0.5, 0.6) is 0 Å². The van der Waals surface area contributed by atoms with E-state index in [9.17, 15) is 21.6 Å². The number of aryl methyl sites for hydroxylation is 2. The Labute approximate surface area is 178 Å². The van der Waals surface area contributed by atoms with Gasteiger partial charge in [0, 0.05) is 24.7 Å². The van der Waals surface area contributed by atoms with Crippen molar-refractivity contribution >= 4 is 26.0 Å². The number of rotatable bonds is 9. The van der Waals surface area contributed by atoms with Crippen LogP contribution in [0, 0.1) is 13.8 Å². The molecule has 0 aliphatic carbocycles. The Kier molecular flexibility index (Phi) is 7.75. The summed E-state index contributed by atoms with van der Waals surface area (Å²) in [5.41, 5.74) is 1.75. The summed E-state index contributed by atoms with van der Waals surface area (Å²) < 4.78 is 54.0. The van der Waals surface area contributed by atoms with Crippen molar-refractivity contribution in [2.24, 2.45) is 0 Å².